The van der Waals surface area contributed by atoms with Crippen molar-refractivity contribution in [3.05, 3.63) is 83.9 Å². The van der Waals surface area contributed by atoms with Crippen LogP contribution in [0.4, 0.5) is 5.13 Å². The highest BCUT2D eigenvalue weighted by Crippen LogP contribution is 2.32. The number of nitrogens with zero attached hydrogens (tertiary/aromatic N) is 2. The molecule has 0 atom stereocenters. The smallest absolute Gasteiger partial charge is 0.267 e. The molecular weight excluding hydrogens is 420 g/mol. The van der Waals surface area contributed by atoms with Crippen LogP contribution in [0.1, 0.15) is 30.9 Å². The van der Waals surface area contributed by atoms with Crippen molar-refractivity contribution >= 4 is 32.6 Å². The van der Waals surface area contributed by atoms with Gasteiger partial charge in [-0.25, -0.2) is 4.98 Å². The fraction of sp³-hybridized carbons (Fsp3) is 0.231. The molecule has 32 heavy (non-hydrogen) atoms. The van der Waals surface area contributed by atoms with E-state index in [0.717, 1.165) is 21.5 Å². The Labute approximate surface area is 192 Å². The summed E-state index contributed by atoms with van der Waals surface area (Å²) in [6.45, 7) is 4.66. The summed E-state index contributed by atoms with van der Waals surface area (Å²) in [6.07, 6.45) is 0. The Hall–Kier alpha value is -3.38. The second-order valence-corrected chi connectivity index (χ2v) is 8.82. The van der Waals surface area contributed by atoms with Gasteiger partial charge in [0, 0.05) is 0 Å². The number of benzene rings is 3. The maximum absolute atomic E-state index is 13.2. The van der Waals surface area contributed by atoms with E-state index >= 15 is 0 Å². The quantitative estimate of drug-likeness (QED) is 0.331. The average molecular weight is 447 g/mol. The molecule has 0 unspecified atom stereocenters. The van der Waals surface area contributed by atoms with E-state index in [0.29, 0.717) is 23.3 Å². The van der Waals surface area contributed by atoms with Gasteiger partial charge in [0.1, 0.15) is 11.5 Å². The normalized spacial score (nSPS) is 11.0. The van der Waals surface area contributed by atoms with Crippen LogP contribution in [0, 0.1) is 0 Å². The largest absolute Gasteiger partial charge is 0.497 e. The van der Waals surface area contributed by atoms with Crippen molar-refractivity contribution in [2.24, 2.45) is 0 Å². The number of fused-ring (bicyclic) bond motifs is 1. The van der Waals surface area contributed by atoms with E-state index in [2.05, 4.69) is 13.8 Å². The van der Waals surface area contributed by atoms with Gasteiger partial charge in [0.2, 0.25) is 0 Å². The summed E-state index contributed by atoms with van der Waals surface area (Å²) in [5, 5.41) is 0.640. The Morgan fingerprint density at radius 2 is 1.72 bits per heavy atom. The summed E-state index contributed by atoms with van der Waals surface area (Å²) in [5.41, 5.74) is 3.10. The number of amides is 1. The molecule has 0 fully saturated rings. The molecule has 0 aliphatic rings. The lowest BCUT2D eigenvalue weighted by Gasteiger charge is -2.20. The molecule has 1 amide bonds. The highest BCUT2D eigenvalue weighted by Gasteiger charge is 2.21. The maximum atomic E-state index is 13.2. The van der Waals surface area contributed by atoms with Crippen LogP contribution in [-0.2, 0) is 11.3 Å². The van der Waals surface area contributed by atoms with Crippen molar-refractivity contribution in [3.63, 3.8) is 0 Å². The fourth-order valence-corrected chi connectivity index (χ4v) is 4.35. The molecule has 0 N–H and O–H groups in total. The molecule has 4 rings (SSSR count). The van der Waals surface area contributed by atoms with Crippen LogP contribution in [-0.4, -0.2) is 24.6 Å². The number of ether oxygens (including phenoxy) is 2. The summed E-state index contributed by atoms with van der Waals surface area (Å²) in [7, 11) is 1.64. The molecule has 5 nitrogen and oxygen atoms in total. The molecule has 0 saturated heterocycles. The van der Waals surface area contributed by atoms with Gasteiger partial charge in [-0.15, -0.1) is 0 Å². The third-order valence-electron chi connectivity index (χ3n) is 5.21. The molecule has 1 aromatic heterocycles. The predicted molar refractivity (Wildman–Crippen MR) is 130 cm³/mol. The Bertz CT molecular complexity index is 1190. The summed E-state index contributed by atoms with van der Waals surface area (Å²) < 4.78 is 12.1. The van der Waals surface area contributed by atoms with Gasteiger partial charge in [-0.1, -0.05) is 67.6 Å². The molecule has 164 valence electrons. The average Bonchev–Trinajstić information content (AvgIpc) is 3.24. The van der Waals surface area contributed by atoms with Crippen LogP contribution < -0.4 is 14.4 Å². The Balaban J connectivity index is 1.56. The molecule has 4 aromatic rings. The minimum absolute atomic E-state index is 0.0624. The number of methoxy groups -OCH3 is 1. The van der Waals surface area contributed by atoms with E-state index in [-0.39, 0.29) is 12.5 Å². The van der Waals surface area contributed by atoms with E-state index in [1.54, 1.807) is 12.0 Å². The van der Waals surface area contributed by atoms with Crippen molar-refractivity contribution in [3.8, 4) is 11.5 Å². The standard InChI is InChI=1S/C26H26N2O3S/c1-18(2)20-9-11-21(12-10-20)31-17-25(29)28(16-19-7-5-4-6-8-19)26-27-23-14-13-22(30-3)15-24(23)32-26/h4-15,18H,16-17H2,1-3H3. The number of hydrogen-bond donors (Lipinski definition) is 0. The van der Waals surface area contributed by atoms with Crippen LogP contribution in [0.5, 0.6) is 11.5 Å². The van der Waals surface area contributed by atoms with Crippen LogP contribution in [0.2, 0.25) is 0 Å². The first kappa shape index (κ1) is 21.8. The molecule has 0 aliphatic heterocycles. The van der Waals surface area contributed by atoms with Gasteiger partial charge in [-0.3, -0.25) is 9.69 Å². The Morgan fingerprint density at radius 3 is 2.41 bits per heavy atom. The maximum Gasteiger partial charge on any atom is 0.267 e. The van der Waals surface area contributed by atoms with Crippen LogP contribution in [0.3, 0.4) is 0 Å². The van der Waals surface area contributed by atoms with E-state index in [1.165, 1.54) is 16.9 Å². The first-order chi connectivity index (χ1) is 15.5. The lowest BCUT2D eigenvalue weighted by atomic mass is 10.0. The van der Waals surface area contributed by atoms with Gasteiger partial charge < -0.3 is 9.47 Å². The summed E-state index contributed by atoms with van der Waals surface area (Å²) in [6, 6.07) is 23.5. The lowest BCUT2D eigenvalue weighted by molar-refractivity contribution is -0.120. The topological polar surface area (TPSA) is 51.7 Å². The minimum atomic E-state index is -0.146. The van der Waals surface area contributed by atoms with Crippen molar-refractivity contribution < 1.29 is 14.3 Å². The molecule has 0 bridgehead atoms. The first-order valence-electron chi connectivity index (χ1n) is 10.5. The number of carbonyl (C=O) groups is 1. The molecule has 0 spiro atoms. The van der Waals surface area contributed by atoms with E-state index in [1.807, 2.05) is 72.8 Å². The number of carbonyl (C=O) groups excluding carboxylic acids is 1. The zero-order valence-electron chi connectivity index (χ0n) is 18.4. The van der Waals surface area contributed by atoms with Gasteiger partial charge in [-0.2, -0.15) is 0 Å². The monoisotopic (exact) mass is 446 g/mol. The van der Waals surface area contributed by atoms with Crippen LogP contribution >= 0.6 is 11.3 Å². The van der Waals surface area contributed by atoms with Crippen LogP contribution in [0.15, 0.2) is 72.8 Å². The Morgan fingerprint density at radius 1 is 1.00 bits per heavy atom. The van der Waals surface area contributed by atoms with E-state index in [9.17, 15) is 4.79 Å². The number of anilines is 1. The third kappa shape index (κ3) is 5.08. The highest BCUT2D eigenvalue weighted by atomic mass is 32.1. The second-order valence-electron chi connectivity index (χ2n) is 7.81. The van der Waals surface area contributed by atoms with E-state index in [4.69, 9.17) is 14.5 Å². The van der Waals surface area contributed by atoms with Gasteiger partial charge in [0.25, 0.3) is 5.91 Å². The molecular formula is C26H26N2O3S. The van der Waals surface area contributed by atoms with Crippen molar-refractivity contribution in [2.75, 3.05) is 18.6 Å². The van der Waals surface area contributed by atoms with E-state index < -0.39 is 0 Å². The fourth-order valence-electron chi connectivity index (χ4n) is 3.34. The van der Waals surface area contributed by atoms with Crippen molar-refractivity contribution in [2.45, 2.75) is 26.3 Å². The van der Waals surface area contributed by atoms with Gasteiger partial charge in [0.15, 0.2) is 11.7 Å². The summed E-state index contributed by atoms with van der Waals surface area (Å²) in [4.78, 5) is 19.6. The molecule has 0 saturated carbocycles. The molecule has 3 aromatic carbocycles. The van der Waals surface area contributed by atoms with Crippen LogP contribution in [0.25, 0.3) is 10.2 Å². The molecule has 0 radical (unpaired) electrons. The highest BCUT2D eigenvalue weighted by molar-refractivity contribution is 7.22. The number of hydrogen-bond acceptors (Lipinski definition) is 5. The zero-order valence-corrected chi connectivity index (χ0v) is 19.3. The molecule has 6 heteroatoms. The summed E-state index contributed by atoms with van der Waals surface area (Å²) >= 11 is 1.47. The van der Waals surface area contributed by atoms with Gasteiger partial charge in [-0.05, 0) is 47.4 Å². The third-order valence-corrected chi connectivity index (χ3v) is 6.25. The SMILES string of the molecule is COc1ccc2nc(N(Cc3ccccc3)C(=O)COc3ccc(C(C)C)cc3)sc2c1. The predicted octanol–water partition coefficient (Wildman–Crippen LogP) is 6.04. The van der Waals surface area contributed by atoms with Gasteiger partial charge >= 0.3 is 0 Å². The molecule has 1 heterocycles. The van der Waals surface area contributed by atoms with Crippen molar-refractivity contribution in [1.29, 1.82) is 0 Å². The minimum Gasteiger partial charge on any atom is -0.497 e. The van der Waals surface area contributed by atoms with Gasteiger partial charge in [0.05, 0.1) is 23.9 Å². The first-order valence-corrected chi connectivity index (χ1v) is 11.4. The number of thiazole rings is 1. The Kier molecular flexibility index (Phi) is 6.71. The number of rotatable bonds is 8. The second kappa shape index (κ2) is 9.83. The van der Waals surface area contributed by atoms with Crippen molar-refractivity contribution in [1.82, 2.24) is 4.98 Å². The summed E-state index contributed by atoms with van der Waals surface area (Å²) in [5.74, 6) is 1.75. The zero-order chi connectivity index (χ0) is 22.5. The number of aromatic nitrogens is 1. The molecule has 0 aliphatic carbocycles. The lowest BCUT2D eigenvalue weighted by Crippen LogP contribution is -2.34.